The summed E-state index contributed by atoms with van der Waals surface area (Å²) < 4.78 is 5.50. The number of cyclic esters (lactones) is 1. The number of piperidine rings is 2. The molecule has 222 valence electrons. The van der Waals surface area contributed by atoms with E-state index in [1.165, 1.54) is 37.7 Å². The van der Waals surface area contributed by atoms with E-state index in [2.05, 4.69) is 56.6 Å². The van der Waals surface area contributed by atoms with Gasteiger partial charge < -0.3 is 9.64 Å². The molecule has 3 saturated heterocycles. The van der Waals surface area contributed by atoms with E-state index in [1.54, 1.807) is 0 Å². The van der Waals surface area contributed by atoms with Crippen LogP contribution in [0.3, 0.4) is 0 Å². The zero-order valence-electron chi connectivity index (χ0n) is 25.4. The highest BCUT2D eigenvalue weighted by Crippen LogP contribution is 2.48. The molecule has 0 bridgehead atoms. The molecule has 3 heterocycles. The average molecular weight is 572 g/mol. The fourth-order valence-corrected chi connectivity index (χ4v) is 8.08. The second-order valence-corrected chi connectivity index (χ2v) is 15.1. The summed E-state index contributed by atoms with van der Waals surface area (Å²) in [6, 6.07) is 8.14. The maximum absolute atomic E-state index is 14.2. The fraction of sp³-hybridized carbons (Fsp3) is 0.758. The second-order valence-electron chi connectivity index (χ2n) is 14.6. The molecule has 4 aliphatic rings. The quantitative estimate of drug-likeness (QED) is 0.383. The standard InChI is InChI=1S/C33H50ClN3O3/c1-31(2,3)36-18-15-27(28(21-36)24-11-13-26(34)14-12-24)29(38)35-19-16-33(17-20-35,25-9-7-6-8-10-25)22-37-30(39)40-23-32(37,4)5/h11-14,25,27-28H,6-10,15-23H2,1-5H3/t27?,28-/m0/s1. The summed E-state index contributed by atoms with van der Waals surface area (Å²) in [5.74, 6) is 1.06. The van der Waals surface area contributed by atoms with Gasteiger partial charge in [-0.1, -0.05) is 43.0 Å². The molecule has 2 atom stereocenters. The van der Waals surface area contributed by atoms with Crippen molar-refractivity contribution >= 4 is 23.6 Å². The van der Waals surface area contributed by atoms with Gasteiger partial charge in [0.1, 0.15) is 6.61 Å². The van der Waals surface area contributed by atoms with Gasteiger partial charge in [0.05, 0.1) is 5.54 Å². The lowest BCUT2D eigenvalue weighted by atomic mass is 9.63. The highest BCUT2D eigenvalue weighted by Gasteiger charge is 2.50. The SMILES string of the molecule is CC(C)(C)N1CCC(C(=O)N2CCC(CN3C(=O)OCC3(C)C)(C3CCCCC3)CC2)[C@H](c2ccc(Cl)cc2)C1. The van der Waals surface area contributed by atoms with Crippen molar-refractivity contribution in [1.82, 2.24) is 14.7 Å². The molecule has 5 rings (SSSR count). The normalized spacial score (nSPS) is 28.0. The van der Waals surface area contributed by atoms with E-state index >= 15 is 0 Å². The fourth-order valence-electron chi connectivity index (χ4n) is 7.96. The Morgan fingerprint density at radius 2 is 1.65 bits per heavy atom. The van der Waals surface area contributed by atoms with Gasteiger partial charge in [0.2, 0.25) is 5.91 Å². The number of rotatable bonds is 5. The van der Waals surface area contributed by atoms with Crippen LogP contribution in [-0.4, -0.2) is 77.1 Å². The predicted octanol–water partition coefficient (Wildman–Crippen LogP) is 6.96. The Bertz CT molecular complexity index is 1050. The molecule has 1 unspecified atom stereocenters. The number of amides is 2. The van der Waals surface area contributed by atoms with Crippen LogP contribution >= 0.6 is 11.6 Å². The Kier molecular flexibility index (Phi) is 8.52. The molecule has 0 N–H and O–H groups in total. The first-order chi connectivity index (χ1) is 18.9. The molecule has 0 aromatic heterocycles. The number of likely N-dealkylation sites (tertiary alicyclic amines) is 2. The van der Waals surface area contributed by atoms with Crippen LogP contribution in [-0.2, 0) is 9.53 Å². The molecule has 0 spiro atoms. The van der Waals surface area contributed by atoms with Gasteiger partial charge in [0.25, 0.3) is 0 Å². The molecule has 1 saturated carbocycles. The molecular weight excluding hydrogens is 522 g/mol. The number of nitrogens with zero attached hydrogens (tertiary/aromatic N) is 3. The van der Waals surface area contributed by atoms with Gasteiger partial charge in [-0.25, -0.2) is 4.79 Å². The summed E-state index contributed by atoms with van der Waals surface area (Å²) >= 11 is 6.23. The third-order valence-electron chi connectivity index (χ3n) is 10.7. The summed E-state index contributed by atoms with van der Waals surface area (Å²) in [6.07, 6.45) is 8.98. The van der Waals surface area contributed by atoms with Gasteiger partial charge in [0.15, 0.2) is 0 Å². The number of benzene rings is 1. The topological polar surface area (TPSA) is 53.1 Å². The first-order valence-electron chi connectivity index (χ1n) is 15.6. The van der Waals surface area contributed by atoms with Crippen molar-refractivity contribution in [3.8, 4) is 0 Å². The molecule has 0 radical (unpaired) electrons. The second kappa shape index (κ2) is 11.5. The predicted molar refractivity (Wildman–Crippen MR) is 161 cm³/mol. The Morgan fingerprint density at radius 3 is 2.23 bits per heavy atom. The van der Waals surface area contributed by atoms with Gasteiger partial charge in [0, 0.05) is 48.6 Å². The third kappa shape index (κ3) is 6.04. The molecule has 6 nitrogen and oxygen atoms in total. The largest absolute Gasteiger partial charge is 0.447 e. The van der Waals surface area contributed by atoms with Gasteiger partial charge in [-0.05, 0) is 102 Å². The summed E-state index contributed by atoms with van der Waals surface area (Å²) in [4.78, 5) is 33.7. The Morgan fingerprint density at radius 1 is 1.00 bits per heavy atom. The van der Waals surface area contributed by atoms with E-state index < -0.39 is 0 Å². The van der Waals surface area contributed by atoms with Crippen LogP contribution in [0.1, 0.15) is 97.5 Å². The van der Waals surface area contributed by atoms with Crippen LogP contribution in [0.4, 0.5) is 4.79 Å². The van der Waals surface area contributed by atoms with Crippen molar-refractivity contribution in [2.24, 2.45) is 17.3 Å². The first kappa shape index (κ1) is 29.7. The Hall–Kier alpha value is -1.79. The van der Waals surface area contributed by atoms with Crippen LogP contribution in [0.15, 0.2) is 24.3 Å². The highest BCUT2D eigenvalue weighted by molar-refractivity contribution is 6.30. The lowest BCUT2D eigenvalue weighted by Crippen LogP contribution is -2.57. The number of ether oxygens (including phenoxy) is 1. The zero-order valence-corrected chi connectivity index (χ0v) is 26.1. The average Bonchev–Trinajstić information content (AvgIpc) is 3.20. The maximum Gasteiger partial charge on any atom is 0.410 e. The van der Waals surface area contributed by atoms with Crippen LogP contribution < -0.4 is 0 Å². The van der Waals surface area contributed by atoms with E-state index in [4.69, 9.17) is 16.3 Å². The van der Waals surface area contributed by atoms with Crippen LogP contribution in [0, 0.1) is 17.3 Å². The molecule has 1 aromatic carbocycles. The Labute approximate surface area is 246 Å². The third-order valence-corrected chi connectivity index (χ3v) is 10.9. The minimum Gasteiger partial charge on any atom is -0.447 e. The number of halogens is 1. The van der Waals surface area contributed by atoms with E-state index in [0.717, 1.165) is 57.0 Å². The van der Waals surface area contributed by atoms with Crippen molar-refractivity contribution in [3.63, 3.8) is 0 Å². The summed E-state index contributed by atoms with van der Waals surface area (Å²) in [6.45, 7) is 15.6. The summed E-state index contributed by atoms with van der Waals surface area (Å²) in [5.41, 5.74) is 1.05. The van der Waals surface area contributed by atoms with E-state index in [1.807, 2.05) is 17.0 Å². The lowest BCUT2D eigenvalue weighted by Gasteiger charge is -2.51. The van der Waals surface area contributed by atoms with Gasteiger partial charge in [-0.3, -0.25) is 14.6 Å². The first-order valence-corrected chi connectivity index (χ1v) is 16.0. The molecule has 1 aromatic rings. The smallest absolute Gasteiger partial charge is 0.410 e. The highest BCUT2D eigenvalue weighted by atomic mass is 35.5. The number of hydrogen-bond donors (Lipinski definition) is 0. The maximum atomic E-state index is 14.2. The Balaban J connectivity index is 1.34. The molecule has 3 aliphatic heterocycles. The van der Waals surface area contributed by atoms with Gasteiger partial charge in [-0.15, -0.1) is 0 Å². The molecular formula is C33H50ClN3O3. The van der Waals surface area contributed by atoms with Crippen molar-refractivity contribution < 1.29 is 14.3 Å². The van der Waals surface area contributed by atoms with E-state index in [9.17, 15) is 9.59 Å². The van der Waals surface area contributed by atoms with Gasteiger partial charge >= 0.3 is 6.09 Å². The molecule has 7 heteroatoms. The van der Waals surface area contributed by atoms with Crippen LogP contribution in [0.5, 0.6) is 0 Å². The summed E-state index contributed by atoms with van der Waals surface area (Å²) in [5, 5.41) is 0.732. The van der Waals surface area contributed by atoms with Crippen LogP contribution in [0.2, 0.25) is 5.02 Å². The van der Waals surface area contributed by atoms with Crippen molar-refractivity contribution in [2.75, 3.05) is 39.3 Å². The lowest BCUT2D eigenvalue weighted by molar-refractivity contribution is -0.142. The zero-order chi connectivity index (χ0) is 28.7. The van der Waals surface area contributed by atoms with E-state index in [-0.39, 0.29) is 34.4 Å². The van der Waals surface area contributed by atoms with Crippen LogP contribution in [0.25, 0.3) is 0 Å². The molecule has 4 fully saturated rings. The molecule has 2 amide bonds. The molecule has 40 heavy (non-hydrogen) atoms. The van der Waals surface area contributed by atoms with Crippen molar-refractivity contribution in [1.29, 1.82) is 0 Å². The minimum absolute atomic E-state index is 0.0190. The monoisotopic (exact) mass is 571 g/mol. The number of hydrogen-bond acceptors (Lipinski definition) is 4. The molecule has 1 aliphatic carbocycles. The minimum atomic E-state index is -0.279. The van der Waals surface area contributed by atoms with E-state index in [0.29, 0.717) is 18.4 Å². The van der Waals surface area contributed by atoms with Crippen molar-refractivity contribution in [3.05, 3.63) is 34.9 Å². The van der Waals surface area contributed by atoms with Gasteiger partial charge in [-0.2, -0.15) is 0 Å². The van der Waals surface area contributed by atoms with Crippen molar-refractivity contribution in [2.45, 2.75) is 103 Å². The summed E-state index contributed by atoms with van der Waals surface area (Å²) in [7, 11) is 0. The number of carbonyl (C=O) groups is 2. The number of carbonyl (C=O) groups excluding carboxylic acids is 2.